The zero-order chi connectivity index (χ0) is 20.0. The monoisotopic (exact) mass is 362 g/mol. The highest BCUT2D eigenvalue weighted by Gasteiger charge is 2.27. The number of hydrogen-bond acceptors (Lipinski definition) is 4. The molecule has 0 aromatic heterocycles. The standard InChI is InChI=1S/C22H34O4/c1-13(2)9-11-25-21(23)19-17(7)15(5)16(6)18(8)20(19)22(24)26-12-10-14(3)4/h13-14H,9-12H2,1-8H3. The van der Waals surface area contributed by atoms with Crippen LogP contribution in [0.3, 0.4) is 0 Å². The first-order valence-corrected chi connectivity index (χ1v) is 9.52. The van der Waals surface area contributed by atoms with Crippen molar-refractivity contribution in [3.05, 3.63) is 33.4 Å². The molecule has 0 saturated carbocycles. The lowest BCUT2D eigenvalue weighted by molar-refractivity contribution is 0.0438. The molecule has 0 heterocycles. The molecule has 1 rings (SSSR count). The largest absolute Gasteiger partial charge is 0.462 e. The molecule has 0 fully saturated rings. The summed E-state index contributed by atoms with van der Waals surface area (Å²) in [6.07, 6.45) is 1.59. The lowest BCUT2D eigenvalue weighted by atomic mass is 9.89. The van der Waals surface area contributed by atoms with E-state index in [0.717, 1.165) is 35.1 Å². The van der Waals surface area contributed by atoms with Gasteiger partial charge in [0.25, 0.3) is 0 Å². The van der Waals surface area contributed by atoms with Crippen LogP contribution in [0.5, 0.6) is 0 Å². The predicted octanol–water partition coefficient (Wildman–Crippen LogP) is 5.33. The Kier molecular flexibility index (Phi) is 8.32. The summed E-state index contributed by atoms with van der Waals surface area (Å²) in [6.45, 7) is 16.7. The molecule has 0 amide bonds. The van der Waals surface area contributed by atoms with Crippen LogP contribution >= 0.6 is 0 Å². The minimum atomic E-state index is -0.440. The Balaban J connectivity index is 3.21. The van der Waals surface area contributed by atoms with Gasteiger partial charge in [-0.05, 0) is 74.6 Å². The lowest BCUT2D eigenvalue weighted by Gasteiger charge is -2.19. The number of rotatable bonds is 8. The van der Waals surface area contributed by atoms with Gasteiger partial charge in [0.2, 0.25) is 0 Å². The van der Waals surface area contributed by atoms with Crippen molar-refractivity contribution < 1.29 is 19.1 Å². The second-order valence-corrected chi connectivity index (χ2v) is 7.89. The van der Waals surface area contributed by atoms with Crippen molar-refractivity contribution in [1.82, 2.24) is 0 Å². The Morgan fingerprint density at radius 2 is 0.962 bits per heavy atom. The average Bonchev–Trinajstić information content (AvgIpc) is 2.54. The van der Waals surface area contributed by atoms with Gasteiger partial charge in [-0.15, -0.1) is 0 Å². The van der Waals surface area contributed by atoms with Gasteiger partial charge in [-0.25, -0.2) is 9.59 Å². The molecule has 0 aliphatic carbocycles. The Hall–Kier alpha value is -1.84. The van der Waals surface area contributed by atoms with E-state index in [9.17, 15) is 9.59 Å². The summed E-state index contributed by atoms with van der Waals surface area (Å²) in [6, 6.07) is 0. The van der Waals surface area contributed by atoms with E-state index in [2.05, 4.69) is 27.7 Å². The highest BCUT2D eigenvalue weighted by atomic mass is 16.5. The van der Waals surface area contributed by atoms with Gasteiger partial charge in [0.15, 0.2) is 0 Å². The van der Waals surface area contributed by atoms with Gasteiger partial charge in [-0.1, -0.05) is 27.7 Å². The zero-order valence-corrected chi connectivity index (χ0v) is 17.6. The molecular weight excluding hydrogens is 328 g/mol. The molecule has 0 radical (unpaired) electrons. The molecule has 4 heteroatoms. The van der Waals surface area contributed by atoms with Crippen LogP contribution in [0.2, 0.25) is 0 Å². The number of ether oxygens (including phenoxy) is 2. The molecule has 0 N–H and O–H groups in total. The van der Waals surface area contributed by atoms with Crippen molar-refractivity contribution in [2.45, 2.75) is 68.2 Å². The molecule has 1 aromatic rings. The zero-order valence-electron chi connectivity index (χ0n) is 17.6. The van der Waals surface area contributed by atoms with Crippen LogP contribution in [-0.2, 0) is 9.47 Å². The Bertz CT molecular complexity index is 600. The molecule has 0 unspecified atom stereocenters. The molecule has 0 spiro atoms. The van der Waals surface area contributed by atoms with Crippen LogP contribution in [0.15, 0.2) is 0 Å². The van der Waals surface area contributed by atoms with Gasteiger partial charge in [0.1, 0.15) is 0 Å². The van der Waals surface area contributed by atoms with Crippen LogP contribution in [0.1, 0.15) is 83.5 Å². The first kappa shape index (κ1) is 22.2. The van der Waals surface area contributed by atoms with E-state index in [-0.39, 0.29) is 0 Å². The first-order valence-electron chi connectivity index (χ1n) is 9.52. The third-order valence-electron chi connectivity index (χ3n) is 4.95. The van der Waals surface area contributed by atoms with Crippen molar-refractivity contribution in [2.75, 3.05) is 13.2 Å². The van der Waals surface area contributed by atoms with Gasteiger partial charge >= 0.3 is 11.9 Å². The average molecular weight is 363 g/mol. The van der Waals surface area contributed by atoms with Crippen LogP contribution in [0.25, 0.3) is 0 Å². The molecule has 0 aliphatic rings. The van der Waals surface area contributed by atoms with E-state index in [1.54, 1.807) is 0 Å². The molecule has 26 heavy (non-hydrogen) atoms. The summed E-state index contributed by atoms with van der Waals surface area (Å²) in [7, 11) is 0. The van der Waals surface area contributed by atoms with E-state index in [4.69, 9.17) is 9.47 Å². The first-order chi connectivity index (χ1) is 12.1. The van der Waals surface area contributed by atoms with Crippen molar-refractivity contribution in [2.24, 2.45) is 11.8 Å². The minimum Gasteiger partial charge on any atom is -0.462 e. The molecule has 0 bridgehead atoms. The maximum absolute atomic E-state index is 12.7. The summed E-state index contributed by atoms with van der Waals surface area (Å²) in [5.74, 6) is 0.0204. The lowest BCUT2D eigenvalue weighted by Crippen LogP contribution is -2.20. The van der Waals surface area contributed by atoms with Gasteiger partial charge in [0.05, 0.1) is 24.3 Å². The quantitative estimate of drug-likeness (QED) is 0.587. The predicted molar refractivity (Wildman–Crippen MR) is 105 cm³/mol. The Labute approximate surface area is 158 Å². The third kappa shape index (κ3) is 5.58. The summed E-state index contributed by atoms with van der Waals surface area (Å²) in [4.78, 5) is 25.5. The fraction of sp³-hybridized carbons (Fsp3) is 0.636. The van der Waals surface area contributed by atoms with Crippen LogP contribution in [-0.4, -0.2) is 25.2 Å². The van der Waals surface area contributed by atoms with Gasteiger partial charge in [-0.3, -0.25) is 0 Å². The number of benzene rings is 1. The van der Waals surface area contributed by atoms with E-state index >= 15 is 0 Å². The number of carbonyl (C=O) groups excluding carboxylic acids is 2. The fourth-order valence-corrected chi connectivity index (χ4v) is 2.74. The highest BCUT2D eigenvalue weighted by molar-refractivity contribution is 6.05. The molecule has 146 valence electrons. The molecule has 0 saturated heterocycles. The van der Waals surface area contributed by atoms with E-state index in [0.29, 0.717) is 36.2 Å². The number of carbonyl (C=O) groups is 2. The normalized spacial score (nSPS) is 11.2. The van der Waals surface area contributed by atoms with Gasteiger partial charge < -0.3 is 9.47 Å². The van der Waals surface area contributed by atoms with Crippen molar-refractivity contribution in [3.8, 4) is 0 Å². The SMILES string of the molecule is Cc1c(C)c(C)c(C(=O)OCCC(C)C)c(C(=O)OCCC(C)C)c1C. The Morgan fingerprint density at radius 3 is 1.23 bits per heavy atom. The fourth-order valence-electron chi connectivity index (χ4n) is 2.74. The van der Waals surface area contributed by atoms with E-state index in [1.165, 1.54) is 0 Å². The molecule has 4 nitrogen and oxygen atoms in total. The molecule has 0 aliphatic heterocycles. The van der Waals surface area contributed by atoms with Crippen molar-refractivity contribution in [1.29, 1.82) is 0 Å². The van der Waals surface area contributed by atoms with Gasteiger partial charge in [-0.2, -0.15) is 0 Å². The number of esters is 2. The minimum absolute atomic E-state index is 0.351. The van der Waals surface area contributed by atoms with Crippen molar-refractivity contribution in [3.63, 3.8) is 0 Å². The number of hydrogen-bond donors (Lipinski definition) is 0. The van der Waals surface area contributed by atoms with E-state index in [1.807, 2.05) is 27.7 Å². The third-order valence-corrected chi connectivity index (χ3v) is 4.95. The smallest absolute Gasteiger partial charge is 0.339 e. The van der Waals surface area contributed by atoms with Gasteiger partial charge in [0, 0.05) is 0 Å². The van der Waals surface area contributed by atoms with Crippen LogP contribution < -0.4 is 0 Å². The summed E-state index contributed by atoms with van der Waals surface area (Å²) < 4.78 is 10.9. The van der Waals surface area contributed by atoms with Crippen LogP contribution in [0.4, 0.5) is 0 Å². The second kappa shape index (κ2) is 9.75. The highest BCUT2D eigenvalue weighted by Crippen LogP contribution is 2.28. The second-order valence-electron chi connectivity index (χ2n) is 7.89. The summed E-state index contributed by atoms with van der Waals surface area (Å²) in [5.41, 5.74) is 4.30. The maximum atomic E-state index is 12.7. The molecule has 1 aromatic carbocycles. The summed E-state index contributed by atoms with van der Waals surface area (Å²) in [5, 5.41) is 0. The molecular formula is C22H34O4. The Morgan fingerprint density at radius 1 is 0.654 bits per heavy atom. The van der Waals surface area contributed by atoms with E-state index < -0.39 is 11.9 Å². The van der Waals surface area contributed by atoms with Crippen molar-refractivity contribution >= 4 is 11.9 Å². The maximum Gasteiger partial charge on any atom is 0.339 e. The molecule has 0 atom stereocenters. The van der Waals surface area contributed by atoms with Crippen LogP contribution in [0, 0.1) is 39.5 Å². The summed E-state index contributed by atoms with van der Waals surface area (Å²) >= 11 is 0. The topological polar surface area (TPSA) is 52.6 Å².